The van der Waals surface area contributed by atoms with Gasteiger partial charge in [-0.1, -0.05) is 47.1 Å². The van der Waals surface area contributed by atoms with Crippen LogP contribution in [-0.4, -0.2) is 26.9 Å². The van der Waals surface area contributed by atoms with Crippen molar-refractivity contribution < 1.29 is 14.7 Å². The summed E-state index contributed by atoms with van der Waals surface area (Å²) >= 11 is 13.2. The molecule has 0 radical (unpaired) electrons. The fourth-order valence-corrected chi connectivity index (χ4v) is 3.90. The van der Waals surface area contributed by atoms with E-state index in [1.54, 1.807) is 30.3 Å². The van der Waals surface area contributed by atoms with Gasteiger partial charge in [-0.15, -0.1) is 0 Å². The van der Waals surface area contributed by atoms with Crippen LogP contribution in [0.1, 0.15) is 22.8 Å². The summed E-state index contributed by atoms with van der Waals surface area (Å²) in [4.78, 5) is 27.8. The molecule has 1 aliphatic heterocycles. The number of aromatic carboxylic acids is 1. The van der Waals surface area contributed by atoms with E-state index in [1.807, 2.05) is 6.92 Å². The first kappa shape index (κ1) is 18.8. The number of carbonyl (C=O) groups excluding carboxylic acids is 1. The molecule has 0 spiro atoms. The monoisotopic (exact) mass is 408 g/mol. The molecular formula is C18H14Cl2N2O3S. The fraction of sp³-hybridized carbons (Fsp3) is 0.167. The number of hydrogen-bond donors (Lipinski definition) is 2. The van der Waals surface area contributed by atoms with Gasteiger partial charge in [0.2, 0.25) is 5.91 Å². The van der Waals surface area contributed by atoms with E-state index in [1.165, 1.54) is 23.9 Å². The number of halogens is 2. The number of nitrogens with one attached hydrogen (secondary N) is 1. The zero-order valence-corrected chi connectivity index (χ0v) is 16.0. The molecule has 1 heterocycles. The highest BCUT2D eigenvalue weighted by Gasteiger charge is 2.42. The number of amides is 1. The number of carboxylic acids is 1. The SMILES string of the molecule is CC1(Cc2ccc(C(=O)O)cc2)SC(=Nc2ccc(Cl)c(Cl)c2)NC1=O. The predicted octanol–water partition coefficient (Wildman–Crippen LogP) is 4.54. The fourth-order valence-electron chi connectivity index (χ4n) is 2.51. The van der Waals surface area contributed by atoms with Crippen LogP contribution in [0.2, 0.25) is 10.0 Å². The Kier molecular flexibility index (Phi) is 5.27. The predicted molar refractivity (Wildman–Crippen MR) is 105 cm³/mol. The molecule has 0 aromatic heterocycles. The van der Waals surface area contributed by atoms with Gasteiger partial charge in [-0.05, 0) is 49.2 Å². The summed E-state index contributed by atoms with van der Waals surface area (Å²) in [5.74, 6) is -1.13. The lowest BCUT2D eigenvalue weighted by atomic mass is 9.98. The summed E-state index contributed by atoms with van der Waals surface area (Å²) in [6.07, 6.45) is 0.448. The molecule has 3 rings (SSSR count). The molecular weight excluding hydrogens is 395 g/mol. The van der Waals surface area contributed by atoms with Crippen LogP contribution in [0, 0.1) is 0 Å². The topological polar surface area (TPSA) is 78.8 Å². The van der Waals surface area contributed by atoms with Crippen LogP contribution in [0.25, 0.3) is 0 Å². The molecule has 8 heteroatoms. The molecule has 1 amide bonds. The van der Waals surface area contributed by atoms with E-state index in [0.717, 1.165) is 5.56 Å². The van der Waals surface area contributed by atoms with Crippen molar-refractivity contribution in [1.82, 2.24) is 5.32 Å². The van der Waals surface area contributed by atoms with Crippen molar-refractivity contribution in [2.45, 2.75) is 18.1 Å². The quantitative estimate of drug-likeness (QED) is 0.777. The third kappa shape index (κ3) is 4.03. The van der Waals surface area contributed by atoms with E-state index in [4.69, 9.17) is 28.3 Å². The summed E-state index contributed by atoms with van der Waals surface area (Å²) in [5.41, 5.74) is 1.68. The third-order valence-corrected chi connectivity index (χ3v) is 5.80. The highest BCUT2D eigenvalue weighted by molar-refractivity contribution is 8.16. The van der Waals surface area contributed by atoms with Crippen molar-refractivity contribution >= 4 is 57.7 Å². The standard InChI is InChI=1S/C18H14Cl2N2O3S/c1-18(9-10-2-4-11(5-3-10)15(23)24)16(25)22-17(26-18)21-12-6-7-13(19)14(20)8-12/h2-8H,9H2,1H3,(H,23,24)(H,21,22,25). The Morgan fingerprint density at radius 2 is 1.88 bits per heavy atom. The van der Waals surface area contributed by atoms with Crippen molar-refractivity contribution in [3.8, 4) is 0 Å². The number of amidine groups is 1. The molecule has 5 nitrogen and oxygen atoms in total. The van der Waals surface area contributed by atoms with E-state index >= 15 is 0 Å². The maximum absolute atomic E-state index is 12.4. The molecule has 2 aromatic carbocycles. The summed E-state index contributed by atoms with van der Waals surface area (Å²) in [6, 6.07) is 11.5. The van der Waals surface area contributed by atoms with Crippen LogP contribution in [0.3, 0.4) is 0 Å². The normalized spacial score (nSPS) is 21.0. The van der Waals surface area contributed by atoms with Crippen LogP contribution < -0.4 is 5.32 Å². The maximum atomic E-state index is 12.4. The van der Waals surface area contributed by atoms with Crippen molar-refractivity contribution in [2.24, 2.45) is 4.99 Å². The van der Waals surface area contributed by atoms with E-state index in [0.29, 0.717) is 27.3 Å². The summed E-state index contributed by atoms with van der Waals surface area (Å²) < 4.78 is -0.736. The summed E-state index contributed by atoms with van der Waals surface area (Å²) in [5, 5.41) is 13.1. The van der Waals surface area contributed by atoms with Crippen molar-refractivity contribution in [3.05, 3.63) is 63.6 Å². The van der Waals surface area contributed by atoms with E-state index in [9.17, 15) is 9.59 Å². The first-order chi connectivity index (χ1) is 12.3. The molecule has 1 fully saturated rings. The van der Waals surface area contributed by atoms with Crippen LogP contribution >= 0.6 is 35.0 Å². The smallest absolute Gasteiger partial charge is 0.335 e. The molecule has 1 aliphatic rings. The van der Waals surface area contributed by atoms with Crippen LogP contribution in [0.5, 0.6) is 0 Å². The first-order valence-corrected chi connectivity index (χ1v) is 9.20. The number of carboxylic acid groups (broad SMARTS) is 1. The summed E-state index contributed by atoms with van der Waals surface area (Å²) in [6.45, 7) is 1.83. The van der Waals surface area contributed by atoms with Gasteiger partial charge in [-0.2, -0.15) is 0 Å². The van der Waals surface area contributed by atoms with Crippen molar-refractivity contribution in [2.75, 3.05) is 0 Å². The van der Waals surface area contributed by atoms with Gasteiger partial charge in [-0.25, -0.2) is 9.79 Å². The van der Waals surface area contributed by atoms with Gasteiger partial charge in [0.15, 0.2) is 5.17 Å². The Labute approximate surface area is 164 Å². The number of thioether (sulfide) groups is 1. The zero-order chi connectivity index (χ0) is 18.9. The molecule has 0 saturated carbocycles. The van der Waals surface area contributed by atoms with Gasteiger partial charge >= 0.3 is 5.97 Å². The second kappa shape index (κ2) is 7.31. The largest absolute Gasteiger partial charge is 0.478 e. The number of carbonyl (C=O) groups is 2. The van der Waals surface area contributed by atoms with Gasteiger partial charge in [0.1, 0.15) is 4.75 Å². The minimum absolute atomic E-state index is 0.149. The molecule has 26 heavy (non-hydrogen) atoms. The second-order valence-electron chi connectivity index (χ2n) is 5.98. The molecule has 0 bridgehead atoms. The molecule has 134 valence electrons. The average molecular weight is 409 g/mol. The Morgan fingerprint density at radius 3 is 2.50 bits per heavy atom. The van der Waals surface area contributed by atoms with Gasteiger partial charge in [0.25, 0.3) is 0 Å². The first-order valence-electron chi connectivity index (χ1n) is 7.63. The number of hydrogen-bond acceptors (Lipinski definition) is 4. The Morgan fingerprint density at radius 1 is 1.19 bits per heavy atom. The third-order valence-electron chi connectivity index (χ3n) is 3.90. The van der Waals surface area contributed by atoms with E-state index in [-0.39, 0.29) is 11.5 Å². The molecule has 0 aliphatic carbocycles. The van der Waals surface area contributed by atoms with E-state index in [2.05, 4.69) is 10.3 Å². The minimum atomic E-state index is -0.980. The van der Waals surface area contributed by atoms with Crippen LogP contribution in [-0.2, 0) is 11.2 Å². The highest BCUT2D eigenvalue weighted by atomic mass is 35.5. The van der Waals surface area contributed by atoms with Crippen LogP contribution in [0.4, 0.5) is 5.69 Å². The molecule has 2 aromatic rings. The molecule has 1 saturated heterocycles. The van der Waals surface area contributed by atoms with Crippen molar-refractivity contribution in [3.63, 3.8) is 0 Å². The number of nitrogens with zero attached hydrogens (tertiary/aromatic N) is 1. The Balaban J connectivity index is 1.78. The van der Waals surface area contributed by atoms with E-state index < -0.39 is 10.7 Å². The summed E-state index contributed by atoms with van der Waals surface area (Å²) in [7, 11) is 0. The van der Waals surface area contributed by atoms with Crippen molar-refractivity contribution in [1.29, 1.82) is 0 Å². The lowest BCUT2D eigenvalue weighted by molar-refractivity contribution is -0.121. The molecule has 1 atom stereocenters. The maximum Gasteiger partial charge on any atom is 0.335 e. The van der Waals surface area contributed by atoms with Gasteiger partial charge in [0, 0.05) is 0 Å². The van der Waals surface area contributed by atoms with Crippen LogP contribution in [0.15, 0.2) is 47.5 Å². The number of aliphatic imine (C=N–C) groups is 1. The lowest BCUT2D eigenvalue weighted by Crippen LogP contribution is -2.35. The average Bonchev–Trinajstić information content (AvgIpc) is 2.85. The van der Waals surface area contributed by atoms with Gasteiger partial charge in [0.05, 0.1) is 21.3 Å². The lowest BCUT2D eigenvalue weighted by Gasteiger charge is -2.18. The van der Waals surface area contributed by atoms with Gasteiger partial charge < -0.3 is 10.4 Å². The Bertz CT molecular complexity index is 915. The number of rotatable bonds is 4. The molecule has 1 unspecified atom stereocenters. The Hall–Kier alpha value is -2.02. The molecule has 2 N–H and O–H groups in total. The second-order valence-corrected chi connectivity index (χ2v) is 8.29. The van der Waals surface area contributed by atoms with Gasteiger partial charge in [-0.3, -0.25) is 4.79 Å². The zero-order valence-electron chi connectivity index (χ0n) is 13.6. The minimum Gasteiger partial charge on any atom is -0.478 e. The highest BCUT2D eigenvalue weighted by Crippen LogP contribution is 2.36. The number of benzene rings is 2.